The number of hydrogen-bond donors (Lipinski definition) is 1. The number of alkyl halides is 2. The molecule has 0 aromatic carbocycles. The van der Waals surface area contributed by atoms with Crippen molar-refractivity contribution in [3.05, 3.63) is 0 Å². The smallest absolute Gasteiger partial charge is 0.253 e. The molecule has 14 heavy (non-hydrogen) atoms. The van der Waals surface area contributed by atoms with E-state index in [0.29, 0.717) is 12.5 Å². The Kier molecular flexibility index (Phi) is 8.05. The second-order valence-electron chi connectivity index (χ2n) is 3.50. The first-order valence-corrected chi connectivity index (χ1v) is 5.78. The van der Waals surface area contributed by atoms with Gasteiger partial charge >= 0.3 is 0 Å². The van der Waals surface area contributed by atoms with Crippen molar-refractivity contribution in [2.24, 2.45) is 0 Å². The first kappa shape index (κ1) is 13.8. The molecule has 86 valence electrons. The number of hydrogen-bond acceptors (Lipinski definition) is 1. The monoisotopic (exact) mass is 207 g/mol. The third-order valence-corrected chi connectivity index (χ3v) is 2.56. The summed E-state index contributed by atoms with van der Waals surface area (Å²) in [4.78, 5) is 0. The van der Waals surface area contributed by atoms with E-state index in [4.69, 9.17) is 0 Å². The maximum Gasteiger partial charge on any atom is 0.253 e. The van der Waals surface area contributed by atoms with Gasteiger partial charge in [-0.25, -0.2) is 8.78 Å². The molecule has 1 heterocycles. The van der Waals surface area contributed by atoms with Crippen molar-refractivity contribution in [3.63, 3.8) is 0 Å². The lowest BCUT2D eigenvalue weighted by Gasteiger charge is -2.20. The molecular weight excluding hydrogens is 184 g/mol. The molecule has 0 radical (unpaired) electrons. The van der Waals surface area contributed by atoms with Gasteiger partial charge in [0.1, 0.15) is 0 Å². The molecule has 0 aromatic heterocycles. The average Bonchev–Trinajstić information content (AvgIpc) is 2.45. The third-order valence-electron chi connectivity index (χ3n) is 2.56. The zero-order chi connectivity index (χ0) is 11.0. The van der Waals surface area contributed by atoms with E-state index in [1.54, 1.807) is 0 Å². The molecule has 0 amide bonds. The third kappa shape index (κ3) is 4.89. The van der Waals surface area contributed by atoms with Crippen LogP contribution in [-0.4, -0.2) is 18.5 Å². The Bertz CT molecular complexity index is 128. The molecular formula is C11H23F2N. The van der Waals surface area contributed by atoms with Crippen LogP contribution in [0.15, 0.2) is 0 Å². The van der Waals surface area contributed by atoms with E-state index in [1.165, 1.54) is 0 Å². The fourth-order valence-corrected chi connectivity index (χ4v) is 1.75. The summed E-state index contributed by atoms with van der Waals surface area (Å²) in [5, 5.41) is 3.02. The van der Waals surface area contributed by atoms with Crippen LogP contribution in [0.4, 0.5) is 8.78 Å². The van der Waals surface area contributed by atoms with Gasteiger partial charge in [-0.15, -0.1) is 0 Å². The minimum atomic E-state index is -2.20. The predicted molar refractivity (Wildman–Crippen MR) is 56.8 cm³/mol. The molecule has 2 unspecified atom stereocenters. The molecule has 1 aliphatic rings. The first-order chi connectivity index (χ1) is 6.74. The summed E-state index contributed by atoms with van der Waals surface area (Å²) in [6.45, 7) is 6.05. The minimum Gasteiger partial charge on any atom is -0.306 e. The van der Waals surface area contributed by atoms with Crippen molar-refractivity contribution >= 4 is 0 Å². The van der Waals surface area contributed by atoms with Gasteiger partial charge in [0.15, 0.2) is 0 Å². The molecule has 3 heteroatoms. The Morgan fingerprint density at radius 3 is 2.29 bits per heavy atom. The van der Waals surface area contributed by atoms with Crippen LogP contribution < -0.4 is 5.32 Å². The van der Waals surface area contributed by atoms with E-state index < -0.39 is 12.5 Å². The number of rotatable bonds is 2. The fourth-order valence-electron chi connectivity index (χ4n) is 1.75. The van der Waals surface area contributed by atoms with Gasteiger partial charge in [-0.05, 0) is 19.3 Å². The Morgan fingerprint density at radius 1 is 1.21 bits per heavy atom. The van der Waals surface area contributed by atoms with Crippen molar-refractivity contribution in [1.29, 1.82) is 0 Å². The molecule has 2 atom stereocenters. The van der Waals surface area contributed by atoms with Crippen LogP contribution in [-0.2, 0) is 0 Å². The van der Waals surface area contributed by atoms with Crippen LogP contribution in [0.25, 0.3) is 0 Å². The van der Waals surface area contributed by atoms with Crippen LogP contribution in [0, 0.1) is 0 Å². The molecule has 0 aromatic rings. The van der Waals surface area contributed by atoms with E-state index in [-0.39, 0.29) is 0 Å². The Labute approximate surface area is 86.3 Å². The largest absolute Gasteiger partial charge is 0.306 e. The highest BCUT2D eigenvalue weighted by Gasteiger charge is 2.24. The van der Waals surface area contributed by atoms with Crippen LogP contribution >= 0.6 is 0 Å². The second-order valence-corrected chi connectivity index (χ2v) is 3.50. The van der Waals surface area contributed by atoms with E-state index in [9.17, 15) is 8.78 Å². The quantitative estimate of drug-likeness (QED) is 0.729. The van der Waals surface area contributed by atoms with E-state index in [1.807, 2.05) is 20.8 Å². The molecule has 1 fully saturated rings. The zero-order valence-electron chi connectivity index (χ0n) is 9.52. The van der Waals surface area contributed by atoms with Crippen molar-refractivity contribution in [2.75, 3.05) is 0 Å². The molecule has 1 aliphatic heterocycles. The van der Waals surface area contributed by atoms with Crippen molar-refractivity contribution < 1.29 is 8.78 Å². The molecule has 0 bridgehead atoms. The van der Waals surface area contributed by atoms with Gasteiger partial charge in [0.05, 0.1) is 6.04 Å². The Morgan fingerprint density at radius 2 is 1.79 bits per heavy atom. The lowest BCUT2D eigenvalue weighted by Crippen LogP contribution is -2.40. The summed E-state index contributed by atoms with van der Waals surface area (Å²) >= 11 is 0. The summed E-state index contributed by atoms with van der Waals surface area (Å²) in [6.07, 6.45) is 2.49. The number of nitrogens with one attached hydrogen (secondary N) is 1. The van der Waals surface area contributed by atoms with E-state index in [0.717, 1.165) is 25.7 Å². The Balaban J connectivity index is 0.000000791. The van der Waals surface area contributed by atoms with Crippen molar-refractivity contribution in [2.45, 2.75) is 71.4 Å². The van der Waals surface area contributed by atoms with Crippen LogP contribution in [0.2, 0.25) is 0 Å². The summed E-state index contributed by atoms with van der Waals surface area (Å²) in [7, 11) is 0. The summed E-state index contributed by atoms with van der Waals surface area (Å²) in [5.41, 5.74) is 0. The van der Waals surface area contributed by atoms with Crippen LogP contribution in [0.1, 0.15) is 52.9 Å². The topological polar surface area (TPSA) is 12.0 Å². The van der Waals surface area contributed by atoms with Gasteiger partial charge in [-0.1, -0.05) is 33.6 Å². The van der Waals surface area contributed by atoms with E-state index in [2.05, 4.69) is 5.32 Å². The van der Waals surface area contributed by atoms with Gasteiger partial charge < -0.3 is 5.32 Å². The summed E-state index contributed by atoms with van der Waals surface area (Å²) < 4.78 is 24.7. The zero-order valence-corrected chi connectivity index (χ0v) is 9.52. The normalized spacial score (nSPS) is 27.9. The molecule has 0 aliphatic carbocycles. The second kappa shape index (κ2) is 8.16. The van der Waals surface area contributed by atoms with E-state index >= 15 is 0 Å². The number of halogens is 2. The first-order valence-electron chi connectivity index (χ1n) is 5.78. The maximum absolute atomic E-state index is 12.3. The molecule has 1 rings (SSSR count). The van der Waals surface area contributed by atoms with Crippen LogP contribution in [0.3, 0.4) is 0 Å². The maximum atomic E-state index is 12.3. The van der Waals surface area contributed by atoms with Gasteiger partial charge in [0, 0.05) is 6.04 Å². The van der Waals surface area contributed by atoms with Gasteiger partial charge in [-0.2, -0.15) is 0 Å². The summed E-state index contributed by atoms with van der Waals surface area (Å²) in [5.74, 6) is 0. The van der Waals surface area contributed by atoms with Crippen molar-refractivity contribution in [1.82, 2.24) is 5.32 Å². The molecule has 1 saturated heterocycles. The molecule has 0 saturated carbocycles. The average molecular weight is 207 g/mol. The molecule has 1 N–H and O–H groups in total. The lowest BCUT2D eigenvalue weighted by atomic mass is 10.1. The predicted octanol–water partition coefficient (Wildman–Crippen LogP) is 3.59. The van der Waals surface area contributed by atoms with Gasteiger partial charge in [-0.3, -0.25) is 0 Å². The highest BCUT2D eigenvalue weighted by atomic mass is 19.3. The molecule has 1 nitrogen and oxygen atoms in total. The SMILES string of the molecule is CC.CCC1CCCCC(C(F)F)N1. The molecule has 0 spiro atoms. The summed E-state index contributed by atoms with van der Waals surface area (Å²) in [6, 6.07) is -0.246. The standard InChI is InChI=1S/C9H17F2N.C2H6/c1-2-7-5-3-4-6-8(12-7)9(10)11;1-2/h7-9,12H,2-6H2,1H3;1-2H3. The van der Waals surface area contributed by atoms with Crippen LogP contribution in [0.5, 0.6) is 0 Å². The fraction of sp³-hybridized carbons (Fsp3) is 1.00. The Hall–Kier alpha value is -0.180. The minimum absolute atomic E-state index is 0.312. The highest BCUT2D eigenvalue weighted by Crippen LogP contribution is 2.18. The van der Waals surface area contributed by atoms with Crippen molar-refractivity contribution in [3.8, 4) is 0 Å². The lowest BCUT2D eigenvalue weighted by molar-refractivity contribution is 0.0905. The van der Waals surface area contributed by atoms with Gasteiger partial charge in [0.2, 0.25) is 0 Å². The highest BCUT2D eigenvalue weighted by molar-refractivity contribution is 4.79. The van der Waals surface area contributed by atoms with Gasteiger partial charge in [0.25, 0.3) is 6.43 Å².